The molecule has 0 aliphatic heterocycles. The lowest BCUT2D eigenvalue weighted by Gasteiger charge is -2.22. The minimum absolute atomic E-state index is 0.0999. The van der Waals surface area contributed by atoms with Crippen molar-refractivity contribution in [3.8, 4) is 0 Å². The first-order valence-corrected chi connectivity index (χ1v) is 9.95. The maximum Gasteiger partial charge on any atom is 0.368 e. The van der Waals surface area contributed by atoms with E-state index in [0.717, 1.165) is 0 Å². The zero-order chi connectivity index (χ0) is 20.3. The predicted molar refractivity (Wildman–Crippen MR) is 104 cm³/mol. The largest absolute Gasteiger partial charge is 0.455 e. The van der Waals surface area contributed by atoms with E-state index in [1.165, 1.54) is 21.1 Å². The summed E-state index contributed by atoms with van der Waals surface area (Å²) in [5, 5.41) is -0.0866. The van der Waals surface area contributed by atoms with Gasteiger partial charge in [0.2, 0.25) is 5.43 Å². The van der Waals surface area contributed by atoms with E-state index in [-0.39, 0.29) is 22.0 Å². The molecule has 0 aliphatic rings. The lowest BCUT2D eigenvalue weighted by molar-refractivity contribution is -0.145. The van der Waals surface area contributed by atoms with Crippen molar-refractivity contribution in [3.63, 3.8) is 0 Å². The molecule has 1 atom stereocenters. The van der Waals surface area contributed by atoms with Gasteiger partial charge in [0.15, 0.2) is 17.2 Å². The summed E-state index contributed by atoms with van der Waals surface area (Å²) in [5.74, 6) is -0.697. The van der Waals surface area contributed by atoms with E-state index in [2.05, 4.69) is 0 Å². The molecule has 0 N–H and O–H groups in total. The highest BCUT2D eigenvalue weighted by molar-refractivity contribution is 7.62. The predicted octanol–water partition coefficient (Wildman–Crippen LogP) is 3.56. The Labute approximate surface area is 161 Å². The molecule has 1 heterocycles. The first-order valence-electron chi connectivity index (χ1n) is 8.41. The zero-order valence-electron chi connectivity index (χ0n) is 15.6. The van der Waals surface area contributed by atoms with Crippen molar-refractivity contribution < 1.29 is 27.6 Å². The summed E-state index contributed by atoms with van der Waals surface area (Å²) in [4.78, 5) is 25.0. The van der Waals surface area contributed by atoms with Crippen LogP contribution in [0.2, 0.25) is 0 Å². The summed E-state index contributed by atoms with van der Waals surface area (Å²) in [6.45, 7) is 1.24. The monoisotopic (exact) mass is 402 g/mol. The molecule has 0 aliphatic carbocycles. The van der Waals surface area contributed by atoms with Crippen molar-refractivity contribution in [2.24, 2.45) is 0 Å². The van der Waals surface area contributed by atoms with Crippen LogP contribution < -0.4 is 10.7 Å². The van der Waals surface area contributed by atoms with Crippen molar-refractivity contribution in [1.29, 1.82) is 0 Å². The van der Waals surface area contributed by atoms with Crippen LogP contribution in [-0.4, -0.2) is 20.2 Å². The van der Waals surface area contributed by atoms with Gasteiger partial charge in [0.1, 0.15) is 5.58 Å². The van der Waals surface area contributed by atoms with Crippen molar-refractivity contribution >= 4 is 29.8 Å². The zero-order valence-corrected chi connectivity index (χ0v) is 16.5. The molecule has 28 heavy (non-hydrogen) atoms. The van der Waals surface area contributed by atoms with E-state index in [9.17, 15) is 14.2 Å². The van der Waals surface area contributed by atoms with Crippen LogP contribution in [0, 0.1) is 0 Å². The van der Waals surface area contributed by atoms with Gasteiger partial charge in [0.05, 0.1) is 5.39 Å². The fourth-order valence-electron chi connectivity index (χ4n) is 2.91. The topological polar surface area (TPSA) is 92.0 Å². The summed E-state index contributed by atoms with van der Waals surface area (Å²) < 4.78 is 34.7. The molecule has 3 rings (SSSR count). The van der Waals surface area contributed by atoms with Gasteiger partial charge < -0.3 is 18.2 Å². The van der Waals surface area contributed by atoms with E-state index in [4.69, 9.17) is 18.2 Å². The number of ether oxygens (including phenoxy) is 1. The van der Waals surface area contributed by atoms with Gasteiger partial charge in [-0.1, -0.05) is 42.5 Å². The number of fused-ring (bicyclic) bond motifs is 1. The molecule has 3 aromatic rings. The van der Waals surface area contributed by atoms with Gasteiger partial charge >= 0.3 is 13.6 Å². The van der Waals surface area contributed by atoms with Crippen LogP contribution in [0.1, 0.15) is 24.4 Å². The van der Waals surface area contributed by atoms with Crippen LogP contribution in [0.4, 0.5) is 0 Å². The Hall–Kier alpha value is -2.73. The Morgan fingerprint density at radius 3 is 2.21 bits per heavy atom. The van der Waals surface area contributed by atoms with Gasteiger partial charge in [-0.15, -0.1) is 0 Å². The van der Waals surface area contributed by atoms with E-state index >= 15 is 0 Å². The number of carbonyl (C=O) groups excluding carboxylic acids is 1. The highest BCUT2D eigenvalue weighted by Crippen LogP contribution is 2.47. The second-order valence-corrected chi connectivity index (χ2v) is 8.08. The van der Waals surface area contributed by atoms with Crippen LogP contribution in [0.25, 0.3) is 11.0 Å². The fourth-order valence-corrected chi connectivity index (χ4v) is 4.23. The summed E-state index contributed by atoms with van der Waals surface area (Å²) in [7, 11) is -1.68. The quantitative estimate of drug-likeness (QED) is 0.460. The number of esters is 1. The second-order valence-electron chi connectivity index (χ2n) is 5.90. The maximum atomic E-state index is 13.2. The lowest BCUT2D eigenvalue weighted by Crippen LogP contribution is -2.32. The minimum Gasteiger partial charge on any atom is -0.455 e. The van der Waals surface area contributed by atoms with Crippen molar-refractivity contribution in [2.45, 2.75) is 13.0 Å². The number of rotatable bonds is 6. The van der Waals surface area contributed by atoms with Crippen LogP contribution in [0.5, 0.6) is 0 Å². The molecular formula is C20H19O7P. The molecule has 0 spiro atoms. The Morgan fingerprint density at radius 1 is 1.00 bits per heavy atom. The highest BCUT2D eigenvalue weighted by Gasteiger charge is 2.38. The number of carbonyl (C=O) groups is 1. The third-order valence-corrected chi connectivity index (χ3v) is 6.11. The summed E-state index contributed by atoms with van der Waals surface area (Å²) in [6.07, 6.45) is -1.11. The Kier molecular flexibility index (Phi) is 5.79. The maximum absolute atomic E-state index is 13.2. The number of hydrogen-bond donors (Lipinski definition) is 0. The molecule has 0 amide bonds. The lowest BCUT2D eigenvalue weighted by atomic mass is 10.1. The first kappa shape index (κ1) is 20.0. The average Bonchev–Trinajstić information content (AvgIpc) is 2.72. The average molecular weight is 402 g/mol. The van der Waals surface area contributed by atoms with Crippen LogP contribution in [0.3, 0.4) is 0 Å². The molecule has 0 fully saturated rings. The van der Waals surface area contributed by atoms with Gasteiger partial charge in [-0.2, -0.15) is 0 Å². The van der Waals surface area contributed by atoms with E-state index in [0.29, 0.717) is 5.56 Å². The first-order chi connectivity index (χ1) is 13.4. The van der Waals surface area contributed by atoms with Crippen LogP contribution in [0.15, 0.2) is 63.8 Å². The van der Waals surface area contributed by atoms with Gasteiger partial charge in [-0.05, 0) is 12.1 Å². The molecule has 8 heteroatoms. The standard InChI is InChI=1S/C20H19O7P/c1-13(21)26-18(14-9-5-4-6-10-14)19-20(28(23,24-2)25-3)17(22)15-11-7-8-12-16(15)27-19/h4-12,18H,1-3H3. The third-order valence-electron chi connectivity index (χ3n) is 4.18. The third kappa shape index (κ3) is 3.64. The van der Waals surface area contributed by atoms with E-state index < -0.39 is 25.1 Å². The number of hydrogen-bond acceptors (Lipinski definition) is 7. The van der Waals surface area contributed by atoms with Crippen LogP contribution in [-0.2, 0) is 23.1 Å². The molecule has 1 aromatic heterocycles. The van der Waals surface area contributed by atoms with Crippen LogP contribution >= 0.6 is 7.60 Å². The van der Waals surface area contributed by atoms with E-state index in [1.807, 2.05) is 0 Å². The highest BCUT2D eigenvalue weighted by atomic mass is 31.2. The molecule has 0 saturated carbocycles. The molecular weight excluding hydrogens is 383 g/mol. The van der Waals surface area contributed by atoms with Gasteiger partial charge in [-0.25, -0.2) is 0 Å². The Balaban J connectivity index is 2.41. The molecule has 146 valence electrons. The fraction of sp³-hybridized carbons (Fsp3) is 0.200. The molecule has 0 radical (unpaired) electrons. The Bertz CT molecular complexity index is 1100. The van der Waals surface area contributed by atoms with E-state index in [1.54, 1.807) is 54.6 Å². The van der Waals surface area contributed by atoms with Gasteiger partial charge in [0.25, 0.3) is 0 Å². The van der Waals surface area contributed by atoms with Crippen molar-refractivity contribution in [3.05, 3.63) is 76.1 Å². The second kappa shape index (κ2) is 8.10. The molecule has 7 nitrogen and oxygen atoms in total. The van der Waals surface area contributed by atoms with Crippen molar-refractivity contribution in [2.75, 3.05) is 14.2 Å². The summed E-state index contributed by atoms with van der Waals surface area (Å²) in [6, 6.07) is 15.2. The smallest absolute Gasteiger partial charge is 0.368 e. The molecule has 0 bridgehead atoms. The summed E-state index contributed by atoms with van der Waals surface area (Å²) >= 11 is 0. The van der Waals surface area contributed by atoms with Gasteiger partial charge in [0, 0.05) is 26.7 Å². The number of para-hydroxylation sites is 1. The number of benzene rings is 2. The summed E-state index contributed by atoms with van der Waals surface area (Å²) in [5.41, 5.74) is 0.228. The van der Waals surface area contributed by atoms with Gasteiger partial charge in [-0.3, -0.25) is 14.2 Å². The minimum atomic E-state index is -4.03. The normalized spacial score (nSPS) is 12.7. The molecule has 1 unspecified atom stereocenters. The molecule has 2 aromatic carbocycles. The SMILES string of the molecule is COP(=O)(OC)c1c(C(OC(C)=O)c2ccccc2)oc2ccccc2c1=O. The van der Waals surface area contributed by atoms with Crippen molar-refractivity contribution in [1.82, 2.24) is 0 Å². The molecule has 0 saturated heterocycles. The Morgan fingerprint density at radius 2 is 1.61 bits per heavy atom.